The minimum Gasteiger partial charge on any atom is -0.492 e. The fraction of sp³-hybridized carbons (Fsp3) is 0.211. The molecule has 0 bridgehead atoms. The van der Waals surface area contributed by atoms with Gasteiger partial charge in [-0.2, -0.15) is 5.26 Å². The van der Waals surface area contributed by atoms with Crippen molar-refractivity contribution in [2.24, 2.45) is 5.92 Å². The molecule has 2 amide bonds. The van der Waals surface area contributed by atoms with E-state index in [-0.39, 0.29) is 19.1 Å². The zero-order valence-electron chi connectivity index (χ0n) is 14.2. The number of halogens is 1. The molecule has 8 heteroatoms. The highest BCUT2D eigenvalue weighted by atomic mass is 35.5. The number of nitriles is 1. The summed E-state index contributed by atoms with van der Waals surface area (Å²) in [6.45, 7) is -0.124. The van der Waals surface area contributed by atoms with Crippen LogP contribution in [0.25, 0.3) is 0 Å². The standard InChI is InChI=1S/C19H16ClN3O4/c20-15-5-6-17-13(8-15)7-14(10-26-17)19(25)23-22-18(24)11-27-16-4-2-1-3-12(16)9-21/h1-6,8,14H,7,10-11H2,(H,22,24)(H,23,25)/t14-/m0/s1. The van der Waals surface area contributed by atoms with Gasteiger partial charge in [-0.25, -0.2) is 0 Å². The van der Waals surface area contributed by atoms with Gasteiger partial charge >= 0.3 is 0 Å². The zero-order chi connectivity index (χ0) is 19.2. The molecule has 0 aromatic heterocycles. The van der Waals surface area contributed by atoms with E-state index in [1.807, 2.05) is 6.07 Å². The van der Waals surface area contributed by atoms with Crippen molar-refractivity contribution < 1.29 is 19.1 Å². The summed E-state index contributed by atoms with van der Waals surface area (Å²) >= 11 is 5.97. The molecule has 0 saturated heterocycles. The molecule has 1 aliphatic rings. The molecule has 2 aromatic carbocycles. The molecule has 0 unspecified atom stereocenters. The van der Waals surface area contributed by atoms with Gasteiger partial charge in [0.1, 0.15) is 24.2 Å². The van der Waals surface area contributed by atoms with Crippen molar-refractivity contribution in [3.8, 4) is 17.6 Å². The predicted molar refractivity (Wildman–Crippen MR) is 97.1 cm³/mol. The van der Waals surface area contributed by atoms with Gasteiger partial charge in [-0.05, 0) is 42.3 Å². The van der Waals surface area contributed by atoms with Crippen LogP contribution in [0.15, 0.2) is 42.5 Å². The topological polar surface area (TPSA) is 100 Å². The van der Waals surface area contributed by atoms with Gasteiger partial charge in [0.05, 0.1) is 11.5 Å². The lowest BCUT2D eigenvalue weighted by Gasteiger charge is -2.24. The fourth-order valence-corrected chi connectivity index (χ4v) is 2.82. The maximum Gasteiger partial charge on any atom is 0.276 e. The van der Waals surface area contributed by atoms with Gasteiger partial charge in [-0.1, -0.05) is 23.7 Å². The van der Waals surface area contributed by atoms with Crippen LogP contribution >= 0.6 is 11.6 Å². The number of hydrazine groups is 1. The summed E-state index contributed by atoms with van der Waals surface area (Å²) in [5.41, 5.74) is 5.83. The first-order chi connectivity index (χ1) is 13.1. The number of nitrogens with zero attached hydrogens (tertiary/aromatic N) is 1. The Bertz CT molecular complexity index is 910. The molecule has 1 atom stereocenters. The normalized spacial score (nSPS) is 14.9. The highest BCUT2D eigenvalue weighted by Crippen LogP contribution is 2.29. The summed E-state index contributed by atoms with van der Waals surface area (Å²) < 4.78 is 10.9. The second-order valence-electron chi connectivity index (χ2n) is 5.90. The first kappa shape index (κ1) is 18.5. The number of para-hydroxylation sites is 1. The van der Waals surface area contributed by atoms with Crippen LogP contribution in [0.1, 0.15) is 11.1 Å². The third-order valence-corrected chi connectivity index (χ3v) is 4.23. The zero-order valence-corrected chi connectivity index (χ0v) is 15.0. The van der Waals surface area contributed by atoms with Crippen molar-refractivity contribution in [2.75, 3.05) is 13.2 Å². The van der Waals surface area contributed by atoms with E-state index in [0.717, 1.165) is 5.56 Å². The highest BCUT2D eigenvalue weighted by molar-refractivity contribution is 6.30. The van der Waals surface area contributed by atoms with Crippen molar-refractivity contribution >= 4 is 23.4 Å². The summed E-state index contributed by atoms with van der Waals surface area (Å²) in [5, 5.41) is 9.55. The molecule has 0 fully saturated rings. The summed E-state index contributed by atoms with van der Waals surface area (Å²) in [7, 11) is 0. The third-order valence-electron chi connectivity index (χ3n) is 3.99. The average Bonchev–Trinajstić information content (AvgIpc) is 2.70. The number of hydrogen-bond acceptors (Lipinski definition) is 5. The number of ether oxygens (including phenoxy) is 2. The molecular weight excluding hydrogens is 370 g/mol. The minimum absolute atomic E-state index is 0.211. The van der Waals surface area contributed by atoms with Gasteiger partial charge in [0.15, 0.2) is 6.61 Å². The van der Waals surface area contributed by atoms with E-state index in [4.69, 9.17) is 26.3 Å². The van der Waals surface area contributed by atoms with Crippen LogP contribution in [0.2, 0.25) is 5.02 Å². The number of nitrogens with one attached hydrogen (secondary N) is 2. The number of benzene rings is 2. The third kappa shape index (κ3) is 4.68. The van der Waals surface area contributed by atoms with Gasteiger partial charge in [0.2, 0.25) is 5.91 Å². The largest absolute Gasteiger partial charge is 0.492 e. The van der Waals surface area contributed by atoms with E-state index in [1.54, 1.807) is 42.5 Å². The molecule has 7 nitrogen and oxygen atoms in total. The van der Waals surface area contributed by atoms with E-state index in [2.05, 4.69) is 10.9 Å². The molecule has 0 aliphatic carbocycles. The molecule has 138 valence electrons. The molecule has 0 saturated carbocycles. The molecule has 27 heavy (non-hydrogen) atoms. The van der Waals surface area contributed by atoms with Crippen molar-refractivity contribution in [2.45, 2.75) is 6.42 Å². The average molecular weight is 386 g/mol. The van der Waals surface area contributed by atoms with Gasteiger partial charge < -0.3 is 9.47 Å². The first-order valence-electron chi connectivity index (χ1n) is 8.18. The smallest absolute Gasteiger partial charge is 0.276 e. The van der Waals surface area contributed by atoms with Crippen LogP contribution < -0.4 is 20.3 Å². The summed E-state index contributed by atoms with van der Waals surface area (Å²) in [6, 6.07) is 13.8. The Kier molecular flexibility index (Phi) is 5.79. The highest BCUT2D eigenvalue weighted by Gasteiger charge is 2.26. The van der Waals surface area contributed by atoms with Crippen LogP contribution in [0.5, 0.6) is 11.5 Å². The van der Waals surface area contributed by atoms with Gasteiger partial charge in [0.25, 0.3) is 5.91 Å². The second kappa shape index (κ2) is 8.43. The van der Waals surface area contributed by atoms with E-state index in [9.17, 15) is 9.59 Å². The predicted octanol–water partition coefficient (Wildman–Crippen LogP) is 1.99. The number of amides is 2. The molecule has 1 heterocycles. The summed E-state index contributed by atoms with van der Waals surface area (Å²) in [5.74, 6) is -0.355. The lowest BCUT2D eigenvalue weighted by Crippen LogP contribution is -2.48. The fourth-order valence-electron chi connectivity index (χ4n) is 2.63. The van der Waals surface area contributed by atoms with Crippen molar-refractivity contribution in [3.63, 3.8) is 0 Å². The Morgan fingerprint density at radius 1 is 1.26 bits per heavy atom. The van der Waals surface area contributed by atoms with Crippen molar-refractivity contribution in [1.82, 2.24) is 10.9 Å². The van der Waals surface area contributed by atoms with E-state index in [1.165, 1.54) is 0 Å². The Labute approximate surface area is 160 Å². The van der Waals surface area contributed by atoms with Crippen LogP contribution in [-0.2, 0) is 16.0 Å². The number of rotatable bonds is 4. The van der Waals surface area contributed by atoms with E-state index < -0.39 is 11.8 Å². The van der Waals surface area contributed by atoms with Crippen molar-refractivity contribution in [1.29, 1.82) is 5.26 Å². The molecule has 2 N–H and O–H groups in total. The van der Waals surface area contributed by atoms with Crippen molar-refractivity contribution in [3.05, 3.63) is 58.6 Å². The molecule has 0 radical (unpaired) electrons. The van der Waals surface area contributed by atoms with E-state index >= 15 is 0 Å². The molecule has 2 aromatic rings. The number of hydrogen-bond donors (Lipinski definition) is 2. The summed E-state index contributed by atoms with van der Waals surface area (Å²) in [4.78, 5) is 24.1. The van der Waals surface area contributed by atoms with Crippen LogP contribution in [-0.4, -0.2) is 25.0 Å². The lowest BCUT2D eigenvalue weighted by atomic mass is 9.96. The number of carbonyl (C=O) groups excluding carboxylic acids is 2. The van der Waals surface area contributed by atoms with Crippen LogP contribution in [0.4, 0.5) is 0 Å². The Balaban J connectivity index is 1.48. The molecule has 3 rings (SSSR count). The Morgan fingerprint density at radius 2 is 2.07 bits per heavy atom. The Morgan fingerprint density at radius 3 is 2.89 bits per heavy atom. The summed E-state index contributed by atoms with van der Waals surface area (Å²) in [6.07, 6.45) is 0.462. The van der Waals surface area contributed by atoms with Crippen LogP contribution in [0, 0.1) is 17.2 Å². The second-order valence-corrected chi connectivity index (χ2v) is 6.33. The van der Waals surface area contributed by atoms with E-state index in [0.29, 0.717) is 28.5 Å². The maximum absolute atomic E-state index is 12.2. The molecular formula is C19H16ClN3O4. The van der Waals surface area contributed by atoms with Crippen LogP contribution in [0.3, 0.4) is 0 Å². The SMILES string of the molecule is N#Cc1ccccc1OCC(=O)NNC(=O)[C@@H]1COc2ccc(Cl)cc2C1. The first-order valence-corrected chi connectivity index (χ1v) is 8.56. The lowest BCUT2D eigenvalue weighted by molar-refractivity contribution is -0.132. The van der Waals surface area contributed by atoms with Gasteiger partial charge in [-0.15, -0.1) is 0 Å². The molecule has 1 aliphatic heterocycles. The number of fused-ring (bicyclic) bond motifs is 1. The Hall–Kier alpha value is -3.24. The quantitative estimate of drug-likeness (QED) is 0.784. The molecule has 0 spiro atoms. The van der Waals surface area contributed by atoms with Gasteiger partial charge in [-0.3, -0.25) is 20.4 Å². The van der Waals surface area contributed by atoms with Gasteiger partial charge in [0, 0.05) is 5.02 Å². The maximum atomic E-state index is 12.2. The monoisotopic (exact) mass is 385 g/mol. The number of carbonyl (C=O) groups is 2. The minimum atomic E-state index is -0.545.